The lowest BCUT2D eigenvalue weighted by Gasteiger charge is -2.18. The summed E-state index contributed by atoms with van der Waals surface area (Å²) < 4.78 is 27.1. The number of fused-ring (bicyclic) bond motifs is 1. The first kappa shape index (κ1) is 12.3. The largest absolute Gasteiger partial charge is 0.366 e. The van der Waals surface area contributed by atoms with Crippen LogP contribution in [0.2, 0.25) is 0 Å². The van der Waals surface area contributed by atoms with Gasteiger partial charge in [0, 0.05) is 40.9 Å². The normalized spacial score (nSPS) is 17.6. The molecule has 2 aromatic rings. The van der Waals surface area contributed by atoms with E-state index in [1.165, 1.54) is 28.8 Å². The Labute approximate surface area is 120 Å². The molecule has 0 amide bonds. The molecule has 2 nitrogen and oxygen atoms in total. The maximum Gasteiger partial charge on any atom is 0.131 e. The Morgan fingerprint density at radius 1 is 1.30 bits per heavy atom. The SMILES string of the molecule is Fc1cc(F)c2c(c1)N(Cc1cnc(C3CC3)s1)CC2. The van der Waals surface area contributed by atoms with Gasteiger partial charge in [0.25, 0.3) is 0 Å². The fourth-order valence-corrected chi connectivity index (χ4v) is 3.86. The summed E-state index contributed by atoms with van der Waals surface area (Å²) >= 11 is 1.73. The van der Waals surface area contributed by atoms with Crippen LogP contribution in [0.25, 0.3) is 0 Å². The Morgan fingerprint density at radius 3 is 2.95 bits per heavy atom. The smallest absolute Gasteiger partial charge is 0.131 e. The Bertz CT molecular complexity index is 664. The van der Waals surface area contributed by atoms with E-state index in [1.807, 2.05) is 11.1 Å². The minimum Gasteiger partial charge on any atom is -0.366 e. The highest BCUT2D eigenvalue weighted by atomic mass is 32.1. The van der Waals surface area contributed by atoms with Crippen molar-refractivity contribution >= 4 is 17.0 Å². The Kier molecular flexibility index (Phi) is 2.77. The highest BCUT2D eigenvalue weighted by Gasteiger charge is 2.28. The number of hydrogen-bond acceptors (Lipinski definition) is 3. The third-order valence-electron chi connectivity index (χ3n) is 3.95. The lowest BCUT2D eigenvalue weighted by Crippen LogP contribution is -2.19. The molecule has 0 N–H and O–H groups in total. The second-order valence-corrected chi connectivity index (χ2v) is 6.64. The average Bonchev–Trinajstić information content (AvgIpc) is 3.03. The number of halogens is 2. The van der Waals surface area contributed by atoms with Crippen LogP contribution in [0.15, 0.2) is 18.3 Å². The van der Waals surface area contributed by atoms with Gasteiger partial charge < -0.3 is 4.90 Å². The van der Waals surface area contributed by atoms with Crippen LogP contribution in [-0.2, 0) is 13.0 Å². The molecule has 2 aliphatic rings. The highest BCUT2D eigenvalue weighted by molar-refractivity contribution is 7.11. The summed E-state index contributed by atoms with van der Waals surface area (Å²) in [6.45, 7) is 1.44. The Hall–Kier alpha value is -1.49. The highest BCUT2D eigenvalue weighted by Crippen LogP contribution is 2.42. The van der Waals surface area contributed by atoms with Gasteiger partial charge in [0.1, 0.15) is 11.6 Å². The lowest BCUT2D eigenvalue weighted by molar-refractivity contribution is 0.577. The van der Waals surface area contributed by atoms with E-state index in [9.17, 15) is 8.78 Å². The number of anilines is 1. The first-order valence-electron chi connectivity index (χ1n) is 6.88. The van der Waals surface area contributed by atoms with Crippen molar-refractivity contribution in [3.63, 3.8) is 0 Å². The molecule has 0 spiro atoms. The summed E-state index contributed by atoms with van der Waals surface area (Å²) in [5.74, 6) is -0.267. The van der Waals surface area contributed by atoms with Crippen LogP contribution in [0.3, 0.4) is 0 Å². The van der Waals surface area contributed by atoms with Gasteiger partial charge in [0.05, 0.1) is 11.6 Å². The fraction of sp³-hybridized carbons (Fsp3) is 0.400. The van der Waals surface area contributed by atoms with Crippen LogP contribution in [0, 0.1) is 11.6 Å². The molecule has 1 aliphatic heterocycles. The van der Waals surface area contributed by atoms with E-state index in [4.69, 9.17) is 0 Å². The summed E-state index contributed by atoms with van der Waals surface area (Å²) in [6, 6.07) is 2.41. The predicted molar refractivity (Wildman–Crippen MR) is 75.2 cm³/mol. The van der Waals surface area contributed by atoms with Crippen LogP contribution in [0.4, 0.5) is 14.5 Å². The van der Waals surface area contributed by atoms with Crippen LogP contribution < -0.4 is 4.90 Å². The standard InChI is InChI=1S/C15H14F2N2S/c16-10-5-13(17)12-3-4-19(14(12)6-10)8-11-7-18-15(20-11)9-1-2-9/h5-7,9H,1-4,8H2. The number of hydrogen-bond donors (Lipinski definition) is 0. The molecule has 4 rings (SSSR count). The van der Waals surface area contributed by atoms with Crippen LogP contribution >= 0.6 is 11.3 Å². The van der Waals surface area contributed by atoms with Gasteiger partial charge >= 0.3 is 0 Å². The van der Waals surface area contributed by atoms with Gasteiger partial charge in [-0.1, -0.05) is 0 Å². The van der Waals surface area contributed by atoms with Gasteiger partial charge in [0.2, 0.25) is 0 Å². The molecule has 1 aromatic carbocycles. The fourth-order valence-electron chi connectivity index (χ4n) is 2.75. The molecule has 1 saturated carbocycles. The van der Waals surface area contributed by atoms with Gasteiger partial charge in [-0.3, -0.25) is 0 Å². The summed E-state index contributed by atoms with van der Waals surface area (Å²) in [4.78, 5) is 7.67. The topological polar surface area (TPSA) is 16.1 Å². The molecule has 5 heteroatoms. The maximum atomic E-state index is 13.7. The van der Waals surface area contributed by atoms with Crippen LogP contribution in [0.5, 0.6) is 0 Å². The van der Waals surface area contributed by atoms with E-state index < -0.39 is 11.6 Å². The quantitative estimate of drug-likeness (QED) is 0.854. The van der Waals surface area contributed by atoms with Crippen molar-refractivity contribution in [1.29, 1.82) is 0 Å². The number of nitrogens with zero attached hydrogens (tertiary/aromatic N) is 2. The van der Waals surface area contributed by atoms with Crippen molar-refractivity contribution in [1.82, 2.24) is 4.98 Å². The third-order valence-corrected chi connectivity index (χ3v) is 5.10. The van der Waals surface area contributed by atoms with E-state index in [0.29, 0.717) is 30.1 Å². The third kappa shape index (κ3) is 2.10. The van der Waals surface area contributed by atoms with Crippen molar-refractivity contribution in [3.05, 3.63) is 45.4 Å². The lowest BCUT2D eigenvalue weighted by atomic mass is 10.1. The zero-order valence-corrected chi connectivity index (χ0v) is 11.7. The number of aromatic nitrogens is 1. The van der Waals surface area contributed by atoms with Crippen molar-refractivity contribution in [3.8, 4) is 0 Å². The molecule has 20 heavy (non-hydrogen) atoms. The minimum atomic E-state index is -0.504. The summed E-state index contributed by atoms with van der Waals surface area (Å²) in [7, 11) is 0. The summed E-state index contributed by atoms with van der Waals surface area (Å²) in [5.41, 5.74) is 1.34. The molecule has 1 fully saturated rings. The second kappa shape index (κ2) is 4.52. The van der Waals surface area contributed by atoms with E-state index in [2.05, 4.69) is 4.98 Å². The molecule has 0 unspecified atom stereocenters. The molecular weight excluding hydrogens is 278 g/mol. The average molecular weight is 292 g/mol. The van der Waals surface area contributed by atoms with Crippen molar-refractivity contribution in [2.45, 2.75) is 31.7 Å². The van der Waals surface area contributed by atoms with Gasteiger partial charge in [-0.25, -0.2) is 13.8 Å². The van der Waals surface area contributed by atoms with E-state index in [-0.39, 0.29) is 0 Å². The van der Waals surface area contributed by atoms with Gasteiger partial charge in [-0.2, -0.15) is 0 Å². The van der Waals surface area contributed by atoms with Crippen molar-refractivity contribution < 1.29 is 8.78 Å². The molecular formula is C15H14F2N2S. The van der Waals surface area contributed by atoms with E-state index >= 15 is 0 Å². The van der Waals surface area contributed by atoms with Gasteiger partial charge in [-0.05, 0) is 25.3 Å². The minimum absolute atomic E-state index is 0.425. The second-order valence-electron chi connectivity index (χ2n) is 5.50. The number of thiazole rings is 1. The first-order chi connectivity index (χ1) is 9.70. The van der Waals surface area contributed by atoms with Crippen LogP contribution in [0.1, 0.15) is 34.2 Å². The number of benzene rings is 1. The van der Waals surface area contributed by atoms with E-state index in [0.717, 1.165) is 12.6 Å². The molecule has 0 saturated heterocycles. The Morgan fingerprint density at radius 2 is 2.15 bits per heavy atom. The van der Waals surface area contributed by atoms with Gasteiger partial charge in [-0.15, -0.1) is 11.3 Å². The van der Waals surface area contributed by atoms with Crippen molar-refractivity contribution in [2.75, 3.05) is 11.4 Å². The van der Waals surface area contributed by atoms with Crippen molar-refractivity contribution in [2.24, 2.45) is 0 Å². The molecule has 0 atom stereocenters. The molecule has 0 radical (unpaired) electrons. The monoisotopic (exact) mass is 292 g/mol. The van der Waals surface area contributed by atoms with Crippen LogP contribution in [-0.4, -0.2) is 11.5 Å². The first-order valence-corrected chi connectivity index (χ1v) is 7.70. The zero-order valence-electron chi connectivity index (χ0n) is 10.9. The summed E-state index contributed by atoms with van der Waals surface area (Å²) in [5, 5.41) is 1.21. The maximum absolute atomic E-state index is 13.7. The van der Waals surface area contributed by atoms with Gasteiger partial charge in [0.15, 0.2) is 0 Å². The molecule has 104 valence electrons. The van der Waals surface area contributed by atoms with E-state index in [1.54, 1.807) is 11.3 Å². The summed E-state index contributed by atoms with van der Waals surface area (Å²) in [6.07, 6.45) is 5.05. The molecule has 2 heterocycles. The molecule has 1 aromatic heterocycles. The predicted octanol–water partition coefficient (Wildman–Crippen LogP) is 3.86. The Balaban J connectivity index is 1.58. The zero-order chi connectivity index (χ0) is 13.7. The number of rotatable bonds is 3. The molecule has 1 aliphatic carbocycles. The molecule has 0 bridgehead atoms.